The summed E-state index contributed by atoms with van der Waals surface area (Å²) in [5.41, 5.74) is 4.10. The van der Waals surface area contributed by atoms with E-state index in [4.69, 9.17) is 0 Å². The highest BCUT2D eigenvalue weighted by Gasteiger charge is 2.21. The summed E-state index contributed by atoms with van der Waals surface area (Å²) in [6.07, 6.45) is 0.849. The predicted molar refractivity (Wildman–Crippen MR) is 89.8 cm³/mol. The van der Waals surface area contributed by atoms with Gasteiger partial charge in [0.2, 0.25) is 0 Å². The lowest BCUT2D eigenvalue weighted by molar-refractivity contribution is 0.0924. The second kappa shape index (κ2) is 7.27. The van der Waals surface area contributed by atoms with Gasteiger partial charge in [-0.25, -0.2) is 0 Å². The van der Waals surface area contributed by atoms with E-state index in [0.717, 1.165) is 29.8 Å². The number of H-pyrrole nitrogens is 1. The van der Waals surface area contributed by atoms with Gasteiger partial charge in [0.1, 0.15) is 0 Å². The molecule has 7 heteroatoms. The Labute approximate surface area is 140 Å². The summed E-state index contributed by atoms with van der Waals surface area (Å²) in [5.74, 6) is -0.369. The number of nitrogens with one attached hydrogen (secondary N) is 4. The molecule has 126 valence electrons. The summed E-state index contributed by atoms with van der Waals surface area (Å²) in [4.78, 5) is 24.2. The van der Waals surface area contributed by atoms with Crippen molar-refractivity contribution in [1.82, 2.24) is 26.1 Å². The summed E-state index contributed by atoms with van der Waals surface area (Å²) in [6.45, 7) is 4.23. The highest BCUT2D eigenvalue weighted by molar-refractivity contribution is 5.95. The van der Waals surface area contributed by atoms with Gasteiger partial charge in [-0.05, 0) is 19.1 Å². The number of aryl methyl sites for hydroxylation is 1. The summed E-state index contributed by atoms with van der Waals surface area (Å²) >= 11 is 0. The number of amides is 2. The van der Waals surface area contributed by atoms with Crippen molar-refractivity contribution < 1.29 is 9.59 Å². The number of benzene rings is 1. The van der Waals surface area contributed by atoms with E-state index in [-0.39, 0.29) is 11.8 Å². The van der Waals surface area contributed by atoms with Gasteiger partial charge in [0.05, 0.1) is 0 Å². The number of carbonyl (C=O) groups excluding carboxylic acids is 2. The molecular weight excluding hydrogens is 306 g/mol. The summed E-state index contributed by atoms with van der Waals surface area (Å²) < 4.78 is 0. The van der Waals surface area contributed by atoms with Gasteiger partial charge in [-0.2, -0.15) is 5.10 Å². The molecule has 1 aliphatic rings. The molecule has 4 N–H and O–H groups in total. The van der Waals surface area contributed by atoms with Crippen LogP contribution in [0.25, 0.3) is 0 Å². The van der Waals surface area contributed by atoms with E-state index in [1.54, 1.807) is 12.1 Å². The van der Waals surface area contributed by atoms with Gasteiger partial charge in [-0.1, -0.05) is 17.7 Å². The molecule has 7 nitrogen and oxygen atoms in total. The Bertz CT molecular complexity index is 736. The molecule has 0 aliphatic carbocycles. The van der Waals surface area contributed by atoms with E-state index in [2.05, 4.69) is 26.1 Å². The molecule has 0 saturated heterocycles. The third-order valence-corrected chi connectivity index (χ3v) is 4.03. The van der Waals surface area contributed by atoms with Crippen molar-refractivity contribution in [3.63, 3.8) is 0 Å². The first kappa shape index (κ1) is 16.2. The monoisotopic (exact) mass is 327 g/mol. The average molecular weight is 327 g/mol. The molecule has 1 aliphatic heterocycles. The predicted octanol–water partition coefficient (Wildman–Crippen LogP) is 0.524. The first-order chi connectivity index (χ1) is 11.6. The lowest BCUT2D eigenvalue weighted by Gasteiger charge is -2.13. The molecule has 1 aromatic heterocycles. The number of aromatic amines is 1. The smallest absolute Gasteiger partial charge is 0.272 e. The number of hydrogen-bond acceptors (Lipinski definition) is 4. The van der Waals surface area contributed by atoms with Gasteiger partial charge in [0.15, 0.2) is 5.69 Å². The van der Waals surface area contributed by atoms with E-state index in [1.165, 1.54) is 0 Å². The molecule has 2 aromatic rings. The van der Waals surface area contributed by atoms with Gasteiger partial charge in [-0.15, -0.1) is 0 Å². The Morgan fingerprint density at radius 1 is 1.12 bits per heavy atom. The van der Waals surface area contributed by atoms with Gasteiger partial charge in [0, 0.05) is 49.4 Å². The van der Waals surface area contributed by atoms with Crippen molar-refractivity contribution in [2.24, 2.45) is 0 Å². The highest BCUT2D eigenvalue weighted by atomic mass is 16.2. The van der Waals surface area contributed by atoms with Crippen LogP contribution in [0.4, 0.5) is 0 Å². The lowest BCUT2D eigenvalue weighted by Crippen LogP contribution is -2.35. The molecule has 0 bridgehead atoms. The zero-order chi connectivity index (χ0) is 16.9. The van der Waals surface area contributed by atoms with E-state index >= 15 is 0 Å². The van der Waals surface area contributed by atoms with Crippen molar-refractivity contribution >= 4 is 11.8 Å². The topological polar surface area (TPSA) is 98.9 Å². The van der Waals surface area contributed by atoms with E-state index in [9.17, 15) is 9.59 Å². The van der Waals surface area contributed by atoms with Crippen molar-refractivity contribution in [2.45, 2.75) is 19.9 Å². The fraction of sp³-hybridized carbons (Fsp3) is 0.353. The molecule has 0 spiro atoms. The average Bonchev–Trinajstić information content (AvgIpc) is 3.03. The van der Waals surface area contributed by atoms with E-state index in [1.807, 2.05) is 19.1 Å². The number of rotatable bonds is 5. The summed E-state index contributed by atoms with van der Waals surface area (Å²) in [5, 5.41) is 15.8. The maximum Gasteiger partial charge on any atom is 0.272 e. The maximum atomic E-state index is 12.2. The van der Waals surface area contributed by atoms with Crippen molar-refractivity contribution in [1.29, 1.82) is 0 Å². The fourth-order valence-electron chi connectivity index (χ4n) is 2.66. The zero-order valence-corrected chi connectivity index (χ0v) is 13.6. The van der Waals surface area contributed by atoms with Crippen molar-refractivity contribution in [3.05, 3.63) is 52.3 Å². The Morgan fingerprint density at radius 3 is 2.58 bits per heavy atom. The fourth-order valence-corrected chi connectivity index (χ4v) is 2.66. The van der Waals surface area contributed by atoms with Crippen LogP contribution in [0.5, 0.6) is 0 Å². The molecular formula is C17H21N5O2. The first-order valence-corrected chi connectivity index (χ1v) is 8.05. The van der Waals surface area contributed by atoms with E-state index in [0.29, 0.717) is 30.9 Å². The minimum atomic E-state index is -0.221. The van der Waals surface area contributed by atoms with Crippen LogP contribution in [0.15, 0.2) is 24.3 Å². The molecule has 0 unspecified atom stereocenters. The van der Waals surface area contributed by atoms with Gasteiger partial charge >= 0.3 is 0 Å². The minimum absolute atomic E-state index is 0.148. The molecule has 1 aromatic carbocycles. The van der Waals surface area contributed by atoms with Gasteiger partial charge in [0.25, 0.3) is 11.8 Å². The van der Waals surface area contributed by atoms with Crippen molar-refractivity contribution in [3.8, 4) is 0 Å². The quantitative estimate of drug-likeness (QED) is 0.602. The van der Waals surface area contributed by atoms with Gasteiger partial charge < -0.3 is 16.0 Å². The lowest BCUT2D eigenvalue weighted by atomic mass is 10.1. The Balaban J connectivity index is 1.46. The normalized spacial score (nSPS) is 13.2. The third-order valence-electron chi connectivity index (χ3n) is 4.03. The second-order valence-corrected chi connectivity index (χ2v) is 5.83. The van der Waals surface area contributed by atoms with Crippen LogP contribution in [-0.2, 0) is 13.0 Å². The molecule has 0 saturated carbocycles. The van der Waals surface area contributed by atoms with Crippen LogP contribution in [-0.4, -0.2) is 41.6 Å². The molecule has 3 rings (SSSR count). The molecule has 0 fully saturated rings. The van der Waals surface area contributed by atoms with Crippen LogP contribution in [0.2, 0.25) is 0 Å². The highest BCUT2D eigenvalue weighted by Crippen LogP contribution is 2.14. The number of fused-ring (bicyclic) bond motifs is 1. The standard InChI is InChI=1S/C17H21N5O2/c1-11-2-4-12(5-3-11)16(23)19-8-9-20-17(24)15-13-10-18-7-6-14(13)21-22-15/h2-5,18H,6-10H2,1H3,(H,19,23)(H,20,24)(H,21,22). The number of carbonyl (C=O) groups is 2. The van der Waals surface area contributed by atoms with Crippen molar-refractivity contribution in [2.75, 3.05) is 19.6 Å². The van der Waals surface area contributed by atoms with Crippen LogP contribution in [0.1, 0.15) is 37.7 Å². The van der Waals surface area contributed by atoms with Crippen LogP contribution in [0, 0.1) is 6.92 Å². The third kappa shape index (κ3) is 3.62. The summed E-state index contributed by atoms with van der Waals surface area (Å²) in [6, 6.07) is 7.36. The molecule has 0 radical (unpaired) electrons. The van der Waals surface area contributed by atoms with Crippen LogP contribution < -0.4 is 16.0 Å². The largest absolute Gasteiger partial charge is 0.350 e. The Morgan fingerprint density at radius 2 is 1.83 bits per heavy atom. The maximum absolute atomic E-state index is 12.2. The Kier molecular flexibility index (Phi) is 4.90. The summed E-state index contributed by atoms with van der Waals surface area (Å²) in [7, 11) is 0. The van der Waals surface area contributed by atoms with Crippen LogP contribution in [0.3, 0.4) is 0 Å². The van der Waals surface area contributed by atoms with Gasteiger partial charge in [-0.3, -0.25) is 14.7 Å². The molecule has 24 heavy (non-hydrogen) atoms. The first-order valence-electron chi connectivity index (χ1n) is 8.05. The van der Waals surface area contributed by atoms with Crippen LogP contribution >= 0.6 is 0 Å². The van der Waals surface area contributed by atoms with E-state index < -0.39 is 0 Å². The molecule has 2 amide bonds. The number of hydrogen-bond donors (Lipinski definition) is 4. The number of aromatic nitrogens is 2. The zero-order valence-electron chi connectivity index (χ0n) is 13.6. The molecule has 2 heterocycles. The second-order valence-electron chi connectivity index (χ2n) is 5.83. The number of nitrogens with zero attached hydrogens (tertiary/aromatic N) is 1. The Hall–Kier alpha value is -2.67. The SMILES string of the molecule is Cc1ccc(C(=O)NCCNC(=O)c2n[nH]c3c2CNCC3)cc1. The molecule has 0 atom stereocenters. The minimum Gasteiger partial charge on any atom is -0.350 e.